The van der Waals surface area contributed by atoms with Crippen molar-refractivity contribution in [2.24, 2.45) is 5.92 Å². The lowest BCUT2D eigenvalue weighted by atomic mass is 9.97. The van der Waals surface area contributed by atoms with Crippen LogP contribution in [-0.2, 0) is 14.3 Å². The molecular formula is C22H28N2O5. The lowest BCUT2D eigenvalue weighted by Crippen LogP contribution is -2.51. The number of amides is 3. The highest BCUT2D eigenvalue weighted by Crippen LogP contribution is 2.28. The van der Waals surface area contributed by atoms with Crippen LogP contribution < -0.4 is 0 Å². The van der Waals surface area contributed by atoms with Gasteiger partial charge in [-0.3, -0.25) is 19.3 Å². The van der Waals surface area contributed by atoms with Gasteiger partial charge < -0.3 is 9.64 Å². The average molecular weight is 400 g/mol. The average Bonchev–Trinajstić information content (AvgIpc) is 2.92. The monoisotopic (exact) mass is 400 g/mol. The summed E-state index contributed by atoms with van der Waals surface area (Å²) in [4.78, 5) is 53.7. The number of rotatable bonds is 5. The van der Waals surface area contributed by atoms with Gasteiger partial charge in [-0.05, 0) is 51.2 Å². The minimum absolute atomic E-state index is 0.0992. The predicted octanol–water partition coefficient (Wildman–Crippen LogP) is 2.64. The summed E-state index contributed by atoms with van der Waals surface area (Å²) in [5.74, 6) is -2.35. The van der Waals surface area contributed by atoms with E-state index in [-0.39, 0.29) is 41.6 Å². The number of likely N-dealkylation sites (tertiary alicyclic amines) is 1. The Balaban J connectivity index is 1.72. The standard InChI is InChI=1S/C22H28N2O5/c1-13(2)19(24-20(26)16-10-5-6-11-17(16)21(24)27)22(28)29-12-18(25)23-14(3)8-7-9-15(23)4/h5-6,10-11,13-15,19H,7-9,12H2,1-4H3/t14-,15-,19-/m1/s1. The van der Waals surface area contributed by atoms with Gasteiger partial charge >= 0.3 is 5.97 Å². The number of hydrogen-bond donors (Lipinski definition) is 0. The zero-order chi connectivity index (χ0) is 21.3. The molecule has 0 radical (unpaired) electrons. The molecule has 2 aliphatic rings. The topological polar surface area (TPSA) is 84.0 Å². The van der Waals surface area contributed by atoms with E-state index in [4.69, 9.17) is 4.74 Å². The molecule has 0 bridgehead atoms. The van der Waals surface area contributed by atoms with E-state index < -0.39 is 23.8 Å². The fourth-order valence-corrected chi connectivity index (χ4v) is 4.34. The maximum absolute atomic E-state index is 12.8. The first-order valence-corrected chi connectivity index (χ1v) is 10.2. The number of nitrogens with zero attached hydrogens (tertiary/aromatic N) is 2. The largest absolute Gasteiger partial charge is 0.454 e. The highest BCUT2D eigenvalue weighted by atomic mass is 16.5. The van der Waals surface area contributed by atoms with Gasteiger partial charge in [-0.15, -0.1) is 0 Å². The van der Waals surface area contributed by atoms with Gasteiger partial charge in [0.1, 0.15) is 6.04 Å². The summed E-state index contributed by atoms with van der Waals surface area (Å²) in [7, 11) is 0. The van der Waals surface area contributed by atoms with Gasteiger partial charge in [-0.25, -0.2) is 4.79 Å². The molecule has 3 rings (SSSR count). The van der Waals surface area contributed by atoms with E-state index in [1.54, 1.807) is 43.0 Å². The minimum atomic E-state index is -1.08. The SMILES string of the molecule is CC(C)[C@H](C(=O)OCC(=O)N1[C@H](C)CCC[C@H]1C)N1C(=O)c2ccccc2C1=O. The van der Waals surface area contributed by atoms with Crippen LogP contribution in [0.2, 0.25) is 0 Å². The second kappa shape index (κ2) is 8.35. The Morgan fingerprint density at radius 3 is 2.03 bits per heavy atom. The molecule has 1 saturated heterocycles. The van der Waals surface area contributed by atoms with Gasteiger partial charge in [0.25, 0.3) is 17.7 Å². The van der Waals surface area contributed by atoms with Crippen LogP contribution in [-0.4, -0.2) is 58.2 Å². The Kier molecular flexibility index (Phi) is 6.05. The third-order valence-corrected chi connectivity index (χ3v) is 5.80. The predicted molar refractivity (Wildman–Crippen MR) is 106 cm³/mol. The minimum Gasteiger partial charge on any atom is -0.454 e. The molecule has 7 heteroatoms. The third kappa shape index (κ3) is 3.91. The summed E-state index contributed by atoms with van der Waals surface area (Å²) in [6, 6.07) is 5.61. The van der Waals surface area contributed by atoms with E-state index in [0.717, 1.165) is 24.2 Å². The van der Waals surface area contributed by atoms with Crippen LogP contribution in [0.3, 0.4) is 0 Å². The zero-order valence-corrected chi connectivity index (χ0v) is 17.4. The number of carbonyl (C=O) groups excluding carboxylic acids is 4. The van der Waals surface area contributed by atoms with Crippen molar-refractivity contribution in [1.82, 2.24) is 9.80 Å². The highest BCUT2D eigenvalue weighted by molar-refractivity contribution is 6.22. The second-order valence-electron chi connectivity index (χ2n) is 8.25. The lowest BCUT2D eigenvalue weighted by molar-refractivity contribution is -0.158. The van der Waals surface area contributed by atoms with Crippen LogP contribution in [0.25, 0.3) is 0 Å². The van der Waals surface area contributed by atoms with Gasteiger partial charge in [0, 0.05) is 12.1 Å². The fraction of sp³-hybridized carbons (Fsp3) is 0.545. The smallest absolute Gasteiger partial charge is 0.330 e. The van der Waals surface area contributed by atoms with Crippen LogP contribution in [0.4, 0.5) is 0 Å². The molecule has 1 fully saturated rings. The summed E-state index contributed by atoms with van der Waals surface area (Å²) < 4.78 is 5.31. The van der Waals surface area contributed by atoms with Crippen molar-refractivity contribution in [2.45, 2.75) is 65.1 Å². The van der Waals surface area contributed by atoms with Crippen molar-refractivity contribution < 1.29 is 23.9 Å². The number of ether oxygens (including phenoxy) is 1. The highest BCUT2D eigenvalue weighted by Gasteiger charge is 2.45. The summed E-state index contributed by atoms with van der Waals surface area (Å²) >= 11 is 0. The normalized spacial score (nSPS) is 22.7. The molecule has 156 valence electrons. The molecule has 0 saturated carbocycles. The molecule has 3 amide bonds. The third-order valence-electron chi connectivity index (χ3n) is 5.80. The summed E-state index contributed by atoms with van der Waals surface area (Å²) in [6.07, 6.45) is 2.92. The van der Waals surface area contributed by atoms with Crippen molar-refractivity contribution in [3.8, 4) is 0 Å². The lowest BCUT2D eigenvalue weighted by Gasteiger charge is -2.39. The second-order valence-corrected chi connectivity index (χ2v) is 8.25. The Labute approximate surface area is 171 Å². The number of carbonyl (C=O) groups is 4. The zero-order valence-electron chi connectivity index (χ0n) is 17.4. The molecule has 7 nitrogen and oxygen atoms in total. The first kappa shape index (κ1) is 21.0. The van der Waals surface area contributed by atoms with Crippen LogP contribution >= 0.6 is 0 Å². The Bertz CT molecular complexity index is 789. The van der Waals surface area contributed by atoms with E-state index in [2.05, 4.69) is 0 Å². The summed E-state index contributed by atoms with van der Waals surface area (Å²) in [5.41, 5.74) is 0.561. The Morgan fingerprint density at radius 1 is 1.03 bits per heavy atom. The number of imide groups is 1. The molecule has 1 aromatic carbocycles. The maximum atomic E-state index is 12.8. The molecule has 0 unspecified atom stereocenters. The van der Waals surface area contributed by atoms with E-state index in [9.17, 15) is 19.2 Å². The van der Waals surface area contributed by atoms with Crippen molar-refractivity contribution >= 4 is 23.7 Å². The molecule has 0 aromatic heterocycles. The van der Waals surface area contributed by atoms with Crippen LogP contribution in [0.1, 0.15) is 67.7 Å². The first-order valence-electron chi connectivity index (χ1n) is 10.2. The van der Waals surface area contributed by atoms with Gasteiger partial charge in [-0.2, -0.15) is 0 Å². The van der Waals surface area contributed by atoms with Gasteiger partial charge in [-0.1, -0.05) is 26.0 Å². The van der Waals surface area contributed by atoms with Crippen LogP contribution in [0.5, 0.6) is 0 Å². The Morgan fingerprint density at radius 2 is 1.55 bits per heavy atom. The van der Waals surface area contributed by atoms with E-state index >= 15 is 0 Å². The maximum Gasteiger partial charge on any atom is 0.330 e. The van der Waals surface area contributed by atoms with E-state index in [0.29, 0.717) is 0 Å². The number of esters is 1. The van der Waals surface area contributed by atoms with Crippen molar-refractivity contribution in [3.05, 3.63) is 35.4 Å². The molecule has 3 atom stereocenters. The van der Waals surface area contributed by atoms with Crippen molar-refractivity contribution in [1.29, 1.82) is 0 Å². The molecule has 0 spiro atoms. The number of fused-ring (bicyclic) bond motifs is 1. The molecule has 2 aliphatic heterocycles. The number of hydrogen-bond acceptors (Lipinski definition) is 5. The molecule has 0 aliphatic carbocycles. The molecule has 0 N–H and O–H groups in total. The van der Waals surface area contributed by atoms with Gasteiger partial charge in [0.15, 0.2) is 6.61 Å². The van der Waals surface area contributed by atoms with Crippen molar-refractivity contribution in [3.63, 3.8) is 0 Å². The van der Waals surface area contributed by atoms with Crippen molar-refractivity contribution in [2.75, 3.05) is 6.61 Å². The first-order chi connectivity index (χ1) is 13.7. The molecule has 1 aromatic rings. The fourth-order valence-electron chi connectivity index (χ4n) is 4.34. The number of piperidine rings is 1. The molecule has 2 heterocycles. The van der Waals surface area contributed by atoms with Crippen LogP contribution in [0, 0.1) is 5.92 Å². The van der Waals surface area contributed by atoms with Crippen LogP contribution in [0.15, 0.2) is 24.3 Å². The molecular weight excluding hydrogens is 372 g/mol. The molecule has 29 heavy (non-hydrogen) atoms. The summed E-state index contributed by atoms with van der Waals surface area (Å²) in [5, 5.41) is 0. The van der Waals surface area contributed by atoms with E-state index in [1.165, 1.54) is 0 Å². The Hall–Kier alpha value is -2.70. The van der Waals surface area contributed by atoms with Gasteiger partial charge in [0.05, 0.1) is 11.1 Å². The van der Waals surface area contributed by atoms with Gasteiger partial charge in [0.2, 0.25) is 0 Å². The summed E-state index contributed by atoms with van der Waals surface area (Å²) in [6.45, 7) is 7.08. The van der Waals surface area contributed by atoms with E-state index in [1.807, 2.05) is 13.8 Å². The number of benzene rings is 1. The quantitative estimate of drug-likeness (QED) is 0.560.